The Labute approximate surface area is 174 Å². The first kappa shape index (κ1) is 21.5. The van der Waals surface area contributed by atoms with E-state index in [2.05, 4.69) is 9.80 Å². The summed E-state index contributed by atoms with van der Waals surface area (Å²) in [4.78, 5) is 4.80. The number of thiocarbonyl (C=S) groups is 2. The first-order valence-corrected chi connectivity index (χ1v) is 14.4. The molecule has 2 nitrogen and oxygen atoms in total. The van der Waals surface area contributed by atoms with E-state index in [-0.39, 0.29) is 0 Å². The Morgan fingerprint density at radius 3 is 1.25 bits per heavy atom. The third-order valence-corrected chi connectivity index (χ3v) is 10.6. The molecule has 0 amide bonds. The van der Waals surface area contributed by atoms with Crippen LogP contribution in [0.4, 0.5) is 0 Å². The van der Waals surface area contributed by atoms with Gasteiger partial charge in [-0.25, -0.2) is 0 Å². The summed E-state index contributed by atoms with van der Waals surface area (Å²) in [6.45, 7) is 4.62. The molecule has 2 aliphatic heterocycles. The van der Waals surface area contributed by atoms with E-state index in [1.165, 1.54) is 51.4 Å². The molecule has 2 saturated heterocycles. The van der Waals surface area contributed by atoms with E-state index in [1.807, 2.05) is 21.6 Å². The first-order chi connectivity index (χ1) is 11.8. The minimum absolute atomic E-state index is 1.08. The number of nitrogens with zero attached hydrogens (tertiary/aromatic N) is 2. The van der Waals surface area contributed by atoms with Crippen LogP contribution in [0.3, 0.4) is 0 Å². The zero-order valence-corrected chi connectivity index (χ0v) is 19.1. The normalized spacial score (nSPS) is 19.7. The summed E-state index contributed by atoms with van der Waals surface area (Å²) in [6, 6.07) is 0. The molecule has 0 N–H and O–H groups in total. The molecule has 0 saturated carbocycles. The highest BCUT2D eigenvalue weighted by molar-refractivity contribution is 8.85. The molecule has 0 radical (unpaired) electrons. The van der Waals surface area contributed by atoms with Crippen molar-refractivity contribution in [3.63, 3.8) is 0 Å². The van der Waals surface area contributed by atoms with Gasteiger partial charge in [0.15, 0.2) is 0 Å². The van der Waals surface area contributed by atoms with E-state index in [0.717, 1.165) is 46.3 Å². The van der Waals surface area contributed by atoms with Crippen LogP contribution in [0.15, 0.2) is 0 Å². The van der Waals surface area contributed by atoms with Crippen molar-refractivity contribution >= 4 is 76.3 Å². The molecular formula is C16H28N2S6. The van der Waals surface area contributed by atoms with E-state index >= 15 is 0 Å². The van der Waals surface area contributed by atoms with Crippen LogP contribution in [0.5, 0.6) is 0 Å². The third kappa shape index (κ3) is 8.71. The van der Waals surface area contributed by atoms with Gasteiger partial charge in [0, 0.05) is 37.7 Å². The summed E-state index contributed by atoms with van der Waals surface area (Å²) in [5.41, 5.74) is 0. The van der Waals surface area contributed by atoms with Gasteiger partial charge in [-0.3, -0.25) is 0 Å². The molecule has 0 aliphatic carbocycles. The lowest BCUT2D eigenvalue weighted by Gasteiger charge is -2.22. The standard InChI is InChI=1S/C16H28N2S6/c19-15(17-9-5-1-2-6-10-17)23-21-13-14-22-24-16(20)18-11-7-3-4-8-12-18/h1-14H2. The fourth-order valence-corrected chi connectivity index (χ4v) is 8.55. The fourth-order valence-electron chi connectivity index (χ4n) is 2.86. The Morgan fingerprint density at radius 2 is 0.917 bits per heavy atom. The van der Waals surface area contributed by atoms with Crippen LogP contribution < -0.4 is 0 Å². The summed E-state index contributed by atoms with van der Waals surface area (Å²) in [5, 5.41) is 0. The minimum atomic E-state index is 1.08. The second-order valence-corrected chi connectivity index (χ2v) is 12.2. The Morgan fingerprint density at radius 1 is 0.583 bits per heavy atom. The molecule has 0 aromatic heterocycles. The van der Waals surface area contributed by atoms with E-state index in [0.29, 0.717) is 0 Å². The zero-order chi connectivity index (χ0) is 17.0. The van der Waals surface area contributed by atoms with Gasteiger partial charge in [0.1, 0.15) is 8.64 Å². The van der Waals surface area contributed by atoms with Crippen molar-refractivity contribution in [1.29, 1.82) is 0 Å². The second kappa shape index (κ2) is 13.4. The van der Waals surface area contributed by atoms with Gasteiger partial charge in [-0.05, 0) is 47.3 Å². The van der Waals surface area contributed by atoms with Crippen molar-refractivity contribution < 1.29 is 0 Å². The maximum Gasteiger partial charge on any atom is 0.147 e. The SMILES string of the molecule is S=C(SSCCSSC(=S)N1CCCCCC1)N1CCCCCC1. The Kier molecular flexibility index (Phi) is 12.0. The van der Waals surface area contributed by atoms with Crippen molar-refractivity contribution in [1.82, 2.24) is 9.80 Å². The number of hydrogen-bond donors (Lipinski definition) is 0. The van der Waals surface area contributed by atoms with Crippen molar-refractivity contribution in [2.75, 3.05) is 37.7 Å². The Balaban J connectivity index is 1.50. The monoisotopic (exact) mass is 440 g/mol. The van der Waals surface area contributed by atoms with Gasteiger partial charge >= 0.3 is 0 Å². The second-order valence-electron chi connectivity index (χ2n) is 6.14. The predicted molar refractivity (Wildman–Crippen MR) is 125 cm³/mol. The molecule has 8 heteroatoms. The molecule has 0 bridgehead atoms. The zero-order valence-electron chi connectivity index (χ0n) is 14.2. The molecule has 0 aromatic carbocycles. The summed E-state index contributed by atoms with van der Waals surface area (Å²) in [7, 11) is 7.37. The molecule has 0 spiro atoms. The summed E-state index contributed by atoms with van der Waals surface area (Å²) >= 11 is 11.2. The van der Waals surface area contributed by atoms with Crippen LogP contribution in [0.25, 0.3) is 0 Å². The predicted octanol–water partition coefficient (Wildman–Crippen LogP) is 6.07. The lowest BCUT2D eigenvalue weighted by atomic mass is 10.2. The topological polar surface area (TPSA) is 6.48 Å². The molecule has 0 atom stereocenters. The maximum absolute atomic E-state index is 5.58. The van der Waals surface area contributed by atoms with Gasteiger partial charge in [-0.15, -0.1) is 0 Å². The highest BCUT2D eigenvalue weighted by atomic mass is 33.1. The van der Waals surface area contributed by atoms with Crippen LogP contribution in [0, 0.1) is 0 Å². The molecule has 2 rings (SSSR count). The maximum atomic E-state index is 5.58. The van der Waals surface area contributed by atoms with Crippen LogP contribution in [0.1, 0.15) is 51.4 Å². The molecular weight excluding hydrogens is 413 g/mol. The summed E-state index contributed by atoms with van der Waals surface area (Å²) in [5.74, 6) is 2.25. The van der Waals surface area contributed by atoms with E-state index in [1.54, 1.807) is 21.6 Å². The van der Waals surface area contributed by atoms with Crippen molar-refractivity contribution in [2.45, 2.75) is 51.4 Å². The molecule has 24 heavy (non-hydrogen) atoms. The van der Waals surface area contributed by atoms with Gasteiger partial charge in [0.25, 0.3) is 0 Å². The van der Waals surface area contributed by atoms with Crippen LogP contribution in [0.2, 0.25) is 0 Å². The van der Waals surface area contributed by atoms with Crippen molar-refractivity contribution in [3.8, 4) is 0 Å². The third-order valence-electron chi connectivity index (χ3n) is 4.24. The quantitative estimate of drug-likeness (QED) is 0.285. The van der Waals surface area contributed by atoms with Gasteiger partial charge in [0.2, 0.25) is 0 Å². The highest BCUT2D eigenvalue weighted by Gasteiger charge is 2.14. The molecule has 2 heterocycles. The highest BCUT2D eigenvalue weighted by Crippen LogP contribution is 2.31. The smallest absolute Gasteiger partial charge is 0.147 e. The van der Waals surface area contributed by atoms with Gasteiger partial charge in [-0.1, -0.05) is 71.7 Å². The fraction of sp³-hybridized carbons (Fsp3) is 0.875. The van der Waals surface area contributed by atoms with Gasteiger partial charge in [-0.2, -0.15) is 0 Å². The van der Waals surface area contributed by atoms with E-state index < -0.39 is 0 Å². The number of hydrogen-bond acceptors (Lipinski definition) is 6. The van der Waals surface area contributed by atoms with E-state index in [4.69, 9.17) is 24.4 Å². The molecule has 0 aromatic rings. The number of likely N-dealkylation sites (tertiary alicyclic amines) is 2. The minimum Gasteiger partial charge on any atom is -0.357 e. The van der Waals surface area contributed by atoms with Gasteiger partial charge < -0.3 is 9.80 Å². The largest absolute Gasteiger partial charge is 0.357 e. The van der Waals surface area contributed by atoms with Gasteiger partial charge in [0.05, 0.1) is 0 Å². The average molecular weight is 441 g/mol. The molecule has 2 aliphatic rings. The number of rotatable bonds is 5. The van der Waals surface area contributed by atoms with Crippen molar-refractivity contribution in [3.05, 3.63) is 0 Å². The molecule has 138 valence electrons. The van der Waals surface area contributed by atoms with Crippen LogP contribution >= 0.6 is 67.6 Å². The molecule has 0 unspecified atom stereocenters. The Hall–Kier alpha value is 1.18. The summed E-state index contributed by atoms with van der Waals surface area (Å²) in [6.07, 6.45) is 10.6. The Bertz CT molecular complexity index is 341. The molecule has 2 fully saturated rings. The summed E-state index contributed by atoms with van der Waals surface area (Å²) < 4.78 is 2.17. The average Bonchev–Trinajstić information content (AvgIpc) is 3.02. The lowest BCUT2D eigenvalue weighted by molar-refractivity contribution is 0.450. The van der Waals surface area contributed by atoms with Crippen LogP contribution in [-0.2, 0) is 0 Å². The van der Waals surface area contributed by atoms with Crippen molar-refractivity contribution in [2.24, 2.45) is 0 Å². The lowest BCUT2D eigenvalue weighted by Crippen LogP contribution is -2.27. The first-order valence-electron chi connectivity index (χ1n) is 8.94. The van der Waals surface area contributed by atoms with E-state index in [9.17, 15) is 0 Å². The van der Waals surface area contributed by atoms with Crippen LogP contribution in [-0.4, -0.2) is 56.1 Å².